The van der Waals surface area contributed by atoms with Crippen LogP contribution in [0.25, 0.3) is 0 Å². The molecule has 3 aliphatic heterocycles. The Bertz CT molecular complexity index is 1400. The summed E-state index contributed by atoms with van der Waals surface area (Å²) in [7, 11) is 3.28. The highest BCUT2D eigenvalue weighted by atomic mass is 16.6. The van der Waals surface area contributed by atoms with Crippen LogP contribution in [0.1, 0.15) is 11.1 Å². The van der Waals surface area contributed by atoms with Crippen molar-refractivity contribution in [3.05, 3.63) is 108 Å². The van der Waals surface area contributed by atoms with Crippen molar-refractivity contribution in [3.8, 4) is 23.0 Å². The summed E-state index contributed by atoms with van der Waals surface area (Å²) in [5.74, 6) is 3.23. The van der Waals surface area contributed by atoms with E-state index in [4.69, 9.17) is 23.7 Å². The van der Waals surface area contributed by atoms with Crippen LogP contribution in [0.15, 0.2) is 97.1 Å². The summed E-state index contributed by atoms with van der Waals surface area (Å²) in [6.45, 7) is 4.42. The van der Waals surface area contributed by atoms with Crippen LogP contribution >= 0.6 is 0 Å². The standard InChI is InChI=1S/C18H21NO3.C10H12O3.C8H9N/c1-21-16-6-8-17(9-7-16)22-13-15(20)12-19-11-10-14-4-2-3-5-18(14)19;1-11-8-2-4-9(5-3-8)12-6-10-7-13-10;1-2-4-8-7(3-1)5-6-9-8/h2-9,15,20H,10-13H2,1H3;2-5,10H,6-7H2,1H3;1-4,9H,5-6H2. The molecule has 7 rings (SSSR count). The Morgan fingerprint density at radius 2 is 1.36 bits per heavy atom. The highest BCUT2D eigenvalue weighted by molar-refractivity contribution is 5.58. The van der Waals surface area contributed by atoms with E-state index in [9.17, 15) is 5.11 Å². The van der Waals surface area contributed by atoms with Crippen molar-refractivity contribution in [1.82, 2.24) is 0 Å². The third-order valence-corrected chi connectivity index (χ3v) is 7.54. The number of para-hydroxylation sites is 2. The van der Waals surface area contributed by atoms with E-state index in [0.29, 0.717) is 19.3 Å². The number of methoxy groups -OCH3 is 2. The fourth-order valence-electron chi connectivity index (χ4n) is 5.04. The number of rotatable bonds is 10. The fourth-order valence-corrected chi connectivity index (χ4v) is 5.04. The highest BCUT2D eigenvalue weighted by Gasteiger charge is 2.23. The number of benzene rings is 4. The molecule has 0 saturated carbocycles. The zero-order valence-electron chi connectivity index (χ0n) is 25.5. The minimum atomic E-state index is -0.520. The lowest BCUT2D eigenvalue weighted by Crippen LogP contribution is -2.34. The predicted molar refractivity (Wildman–Crippen MR) is 174 cm³/mol. The summed E-state index contributed by atoms with van der Waals surface area (Å²) < 4.78 is 26.2. The van der Waals surface area contributed by atoms with Gasteiger partial charge in [-0.1, -0.05) is 36.4 Å². The van der Waals surface area contributed by atoms with E-state index >= 15 is 0 Å². The lowest BCUT2D eigenvalue weighted by Gasteiger charge is -2.23. The number of anilines is 2. The molecule has 2 atom stereocenters. The maximum atomic E-state index is 10.2. The molecule has 232 valence electrons. The second kappa shape index (κ2) is 15.9. The minimum Gasteiger partial charge on any atom is -0.497 e. The SMILES string of the molecule is COc1ccc(OCC(O)CN2CCc3ccccc32)cc1.COc1ccc(OCC2CO2)cc1.c1ccc2c(c1)CCN2. The molecule has 0 bridgehead atoms. The monoisotopic (exact) mass is 598 g/mol. The van der Waals surface area contributed by atoms with Crippen molar-refractivity contribution in [1.29, 1.82) is 0 Å². The molecule has 3 aliphatic rings. The van der Waals surface area contributed by atoms with Crippen LogP contribution in [-0.4, -0.2) is 71.0 Å². The molecule has 8 heteroatoms. The van der Waals surface area contributed by atoms with Gasteiger partial charge in [0.2, 0.25) is 0 Å². The quantitative estimate of drug-likeness (QED) is 0.228. The maximum absolute atomic E-state index is 10.2. The zero-order valence-corrected chi connectivity index (χ0v) is 25.5. The first-order chi connectivity index (χ1) is 21.6. The van der Waals surface area contributed by atoms with Crippen molar-refractivity contribution in [2.24, 2.45) is 0 Å². The summed E-state index contributed by atoms with van der Waals surface area (Å²) in [6.07, 6.45) is 2.02. The van der Waals surface area contributed by atoms with Gasteiger partial charge in [0, 0.05) is 31.0 Å². The molecule has 0 spiro atoms. The topological polar surface area (TPSA) is 85.0 Å². The zero-order chi connectivity index (χ0) is 30.6. The number of ether oxygens (including phenoxy) is 5. The average molecular weight is 599 g/mol. The molecule has 44 heavy (non-hydrogen) atoms. The van der Waals surface area contributed by atoms with Gasteiger partial charge in [-0.25, -0.2) is 0 Å². The van der Waals surface area contributed by atoms with Gasteiger partial charge in [-0.3, -0.25) is 0 Å². The Kier molecular flexibility index (Phi) is 11.2. The maximum Gasteiger partial charge on any atom is 0.119 e. The van der Waals surface area contributed by atoms with Crippen LogP contribution in [0.2, 0.25) is 0 Å². The number of hydrogen-bond acceptors (Lipinski definition) is 8. The highest BCUT2D eigenvalue weighted by Crippen LogP contribution is 2.27. The van der Waals surface area contributed by atoms with Crippen LogP contribution < -0.4 is 29.2 Å². The lowest BCUT2D eigenvalue weighted by atomic mass is 10.2. The third kappa shape index (κ3) is 9.30. The van der Waals surface area contributed by atoms with Gasteiger partial charge in [-0.15, -0.1) is 0 Å². The van der Waals surface area contributed by atoms with Gasteiger partial charge in [0.25, 0.3) is 0 Å². The molecule has 4 aromatic rings. The van der Waals surface area contributed by atoms with E-state index < -0.39 is 6.10 Å². The number of aliphatic hydroxyl groups is 1. The third-order valence-electron chi connectivity index (χ3n) is 7.54. The molecule has 1 saturated heterocycles. The van der Waals surface area contributed by atoms with Gasteiger partial charge in [0.1, 0.15) is 48.4 Å². The van der Waals surface area contributed by atoms with Crippen molar-refractivity contribution in [2.75, 3.05) is 63.9 Å². The van der Waals surface area contributed by atoms with E-state index in [1.54, 1.807) is 14.2 Å². The first-order valence-electron chi connectivity index (χ1n) is 15.1. The molecule has 0 aliphatic carbocycles. The van der Waals surface area contributed by atoms with Gasteiger partial charge in [0.05, 0.1) is 20.8 Å². The largest absolute Gasteiger partial charge is 0.497 e. The summed E-state index contributed by atoms with van der Waals surface area (Å²) >= 11 is 0. The average Bonchev–Trinajstić information content (AvgIpc) is 3.64. The molecule has 2 unspecified atom stereocenters. The fraction of sp³-hybridized carbons (Fsp3) is 0.333. The second-order valence-corrected chi connectivity index (χ2v) is 10.7. The number of epoxide rings is 1. The van der Waals surface area contributed by atoms with E-state index in [-0.39, 0.29) is 6.61 Å². The van der Waals surface area contributed by atoms with Gasteiger partial charge in [-0.05, 0) is 84.6 Å². The number of fused-ring (bicyclic) bond motifs is 2. The number of nitrogens with zero attached hydrogens (tertiary/aromatic N) is 1. The van der Waals surface area contributed by atoms with Gasteiger partial charge >= 0.3 is 0 Å². The van der Waals surface area contributed by atoms with Crippen molar-refractivity contribution >= 4 is 11.4 Å². The Labute approximate surface area is 260 Å². The molecule has 3 heterocycles. The van der Waals surface area contributed by atoms with Crippen LogP contribution in [0.4, 0.5) is 11.4 Å². The number of nitrogens with one attached hydrogen (secondary N) is 1. The van der Waals surface area contributed by atoms with E-state index in [0.717, 1.165) is 49.1 Å². The number of hydrogen-bond donors (Lipinski definition) is 2. The molecule has 8 nitrogen and oxygen atoms in total. The molecule has 2 N–H and O–H groups in total. The predicted octanol–water partition coefficient (Wildman–Crippen LogP) is 5.63. The molecule has 0 radical (unpaired) electrons. The van der Waals surface area contributed by atoms with Crippen molar-refractivity contribution < 1.29 is 28.8 Å². The first kappa shape index (κ1) is 31.0. The summed E-state index contributed by atoms with van der Waals surface area (Å²) in [6, 6.07) is 31.7. The Morgan fingerprint density at radius 1 is 0.773 bits per heavy atom. The van der Waals surface area contributed by atoms with Crippen molar-refractivity contribution in [3.63, 3.8) is 0 Å². The van der Waals surface area contributed by atoms with Crippen LogP contribution in [-0.2, 0) is 17.6 Å². The number of β-amino-alcohol motifs (C(OH)–C–C–N with tert-alkyl or cyclic N) is 1. The molecule has 1 fully saturated rings. The van der Waals surface area contributed by atoms with Crippen molar-refractivity contribution in [2.45, 2.75) is 25.0 Å². The van der Waals surface area contributed by atoms with Crippen LogP contribution in [0.3, 0.4) is 0 Å². The van der Waals surface area contributed by atoms with E-state index in [1.165, 1.54) is 28.9 Å². The Hall–Kier alpha value is -4.40. The molecule has 0 amide bonds. The summed E-state index contributed by atoms with van der Waals surface area (Å²) in [5.41, 5.74) is 5.35. The Morgan fingerprint density at radius 3 is 2.00 bits per heavy atom. The van der Waals surface area contributed by atoms with Crippen LogP contribution in [0, 0.1) is 0 Å². The molecular formula is C36H42N2O6. The first-order valence-corrected chi connectivity index (χ1v) is 15.1. The van der Waals surface area contributed by atoms with Gasteiger partial charge in [0.15, 0.2) is 0 Å². The minimum absolute atomic E-state index is 0.283. The molecular weight excluding hydrogens is 556 g/mol. The van der Waals surface area contributed by atoms with Crippen LogP contribution in [0.5, 0.6) is 23.0 Å². The molecule has 0 aromatic heterocycles. The van der Waals surface area contributed by atoms with E-state index in [2.05, 4.69) is 52.7 Å². The summed E-state index contributed by atoms with van der Waals surface area (Å²) in [4.78, 5) is 2.22. The second-order valence-electron chi connectivity index (χ2n) is 10.7. The smallest absolute Gasteiger partial charge is 0.119 e. The Balaban J connectivity index is 0.000000146. The van der Waals surface area contributed by atoms with E-state index in [1.807, 2.05) is 54.6 Å². The van der Waals surface area contributed by atoms with Gasteiger partial charge in [-0.2, -0.15) is 0 Å². The molecule has 4 aromatic carbocycles. The normalized spacial score (nSPS) is 16.1. The lowest BCUT2D eigenvalue weighted by molar-refractivity contribution is 0.112. The number of aliphatic hydroxyl groups excluding tert-OH is 1. The summed E-state index contributed by atoms with van der Waals surface area (Å²) in [5, 5.41) is 13.5. The van der Waals surface area contributed by atoms with Gasteiger partial charge < -0.3 is 39.0 Å².